The Balaban J connectivity index is 1.62. The summed E-state index contributed by atoms with van der Waals surface area (Å²) in [5.74, 6) is 1.53. The van der Waals surface area contributed by atoms with E-state index in [-0.39, 0.29) is 12.1 Å². The van der Waals surface area contributed by atoms with Crippen LogP contribution in [0.1, 0.15) is 24.9 Å². The number of ether oxygens (including phenoxy) is 2. The lowest BCUT2D eigenvalue weighted by atomic mass is 9.92. The lowest BCUT2D eigenvalue weighted by Crippen LogP contribution is -2.43. The van der Waals surface area contributed by atoms with E-state index in [4.69, 9.17) is 9.47 Å². The summed E-state index contributed by atoms with van der Waals surface area (Å²) in [6.07, 6.45) is 5.28. The van der Waals surface area contributed by atoms with Crippen LogP contribution in [0.15, 0.2) is 54.9 Å². The largest absolute Gasteiger partial charge is 0.456 e. The maximum atomic E-state index is 12.5. The van der Waals surface area contributed by atoms with Gasteiger partial charge in [-0.25, -0.2) is 4.79 Å². The van der Waals surface area contributed by atoms with Gasteiger partial charge in [0.25, 0.3) is 0 Å². The summed E-state index contributed by atoms with van der Waals surface area (Å²) < 4.78 is 13.5. The summed E-state index contributed by atoms with van der Waals surface area (Å²) in [6, 6.07) is 14.2. The fourth-order valence-corrected chi connectivity index (χ4v) is 4.27. The number of hydrogen-bond donors (Lipinski definition) is 1. The number of hydrogen-bond acceptors (Lipinski definition) is 5. The average molecular weight is 418 g/mol. The molecule has 1 saturated heterocycles. The molecule has 0 spiro atoms. The molecule has 1 amide bonds. The third kappa shape index (κ3) is 3.55. The molecule has 1 fully saturated rings. The van der Waals surface area contributed by atoms with Crippen molar-refractivity contribution < 1.29 is 14.3 Å². The number of carbonyl (C=O) groups is 1. The van der Waals surface area contributed by atoms with E-state index in [0.717, 1.165) is 59.8 Å². The first kappa shape index (κ1) is 19.6. The van der Waals surface area contributed by atoms with E-state index in [0.29, 0.717) is 6.04 Å². The second-order valence-corrected chi connectivity index (χ2v) is 8.10. The Morgan fingerprint density at radius 3 is 2.68 bits per heavy atom. The van der Waals surface area contributed by atoms with Gasteiger partial charge in [-0.1, -0.05) is 18.2 Å². The quantitative estimate of drug-likeness (QED) is 0.680. The highest BCUT2D eigenvalue weighted by molar-refractivity contribution is 5.92. The fraction of sp³-hybridized carbons (Fsp3) is 0.333. The van der Waals surface area contributed by atoms with Crippen molar-refractivity contribution in [2.24, 2.45) is 0 Å². The predicted octanol–water partition coefficient (Wildman–Crippen LogP) is 4.39. The number of fused-ring (bicyclic) bond motifs is 1. The topological polar surface area (TPSA) is 68.6 Å². The van der Waals surface area contributed by atoms with Crippen LogP contribution in [0, 0.1) is 0 Å². The van der Waals surface area contributed by atoms with Crippen molar-refractivity contribution in [2.75, 3.05) is 25.1 Å². The molecule has 2 aliphatic rings. The molecule has 1 atom stereocenters. The first-order chi connectivity index (χ1) is 15.2. The number of aromatic nitrogens is 2. The standard InChI is InChI=1S/C24H26N4O3/c1-16-8-9-21-22(28(16)24(29)30-2)11-10-20(23(21)31-19-6-4-3-5-7-19)17-12-26-27(15-17)18-13-25-14-18/h3-7,10-12,15-16,18,25H,8-9,13-14H2,1-2H3/t16-/m0/s1. The zero-order valence-electron chi connectivity index (χ0n) is 17.7. The number of nitrogens with one attached hydrogen (secondary N) is 1. The molecule has 1 N–H and O–H groups in total. The van der Waals surface area contributed by atoms with E-state index >= 15 is 0 Å². The first-order valence-corrected chi connectivity index (χ1v) is 10.7. The van der Waals surface area contributed by atoms with Crippen LogP contribution in [-0.4, -0.2) is 42.1 Å². The Kier molecular flexibility index (Phi) is 5.11. The van der Waals surface area contributed by atoms with Gasteiger partial charge in [0.15, 0.2) is 0 Å². The summed E-state index contributed by atoms with van der Waals surface area (Å²) in [7, 11) is 1.42. The molecule has 5 rings (SSSR count). The number of benzene rings is 2. The van der Waals surface area contributed by atoms with Gasteiger partial charge in [0.2, 0.25) is 0 Å². The molecule has 0 saturated carbocycles. The smallest absolute Gasteiger partial charge is 0.414 e. The van der Waals surface area contributed by atoms with Crippen LogP contribution in [0.2, 0.25) is 0 Å². The highest BCUT2D eigenvalue weighted by Gasteiger charge is 2.32. The first-order valence-electron chi connectivity index (χ1n) is 10.7. The maximum Gasteiger partial charge on any atom is 0.414 e. The van der Waals surface area contributed by atoms with Gasteiger partial charge in [0.05, 0.1) is 25.0 Å². The van der Waals surface area contributed by atoms with Crippen LogP contribution in [0.4, 0.5) is 10.5 Å². The molecule has 2 aromatic carbocycles. The van der Waals surface area contributed by atoms with Gasteiger partial charge in [-0.3, -0.25) is 9.58 Å². The fourth-order valence-electron chi connectivity index (χ4n) is 4.27. The maximum absolute atomic E-state index is 12.5. The van der Waals surface area contributed by atoms with Gasteiger partial charge in [-0.2, -0.15) is 5.10 Å². The van der Waals surface area contributed by atoms with E-state index in [1.54, 1.807) is 4.90 Å². The number of rotatable bonds is 4. The van der Waals surface area contributed by atoms with E-state index < -0.39 is 0 Å². The highest BCUT2D eigenvalue weighted by Crippen LogP contribution is 2.44. The number of methoxy groups -OCH3 is 1. The molecule has 7 heteroatoms. The molecule has 160 valence electrons. The average Bonchev–Trinajstić information content (AvgIpc) is 3.22. The predicted molar refractivity (Wildman–Crippen MR) is 119 cm³/mol. The third-order valence-corrected chi connectivity index (χ3v) is 6.13. The van der Waals surface area contributed by atoms with Gasteiger partial charge in [-0.15, -0.1) is 0 Å². The zero-order chi connectivity index (χ0) is 21.4. The number of anilines is 1. The summed E-state index contributed by atoms with van der Waals surface area (Å²) >= 11 is 0. The number of amides is 1. The zero-order valence-corrected chi connectivity index (χ0v) is 17.7. The molecule has 0 aliphatic carbocycles. The van der Waals surface area contributed by atoms with Gasteiger partial charge in [0, 0.05) is 42.0 Å². The summed E-state index contributed by atoms with van der Waals surface area (Å²) in [6.45, 7) is 3.91. The van der Waals surface area contributed by atoms with Gasteiger partial charge in [0.1, 0.15) is 11.5 Å². The Labute approximate surface area is 181 Å². The molecule has 3 aromatic rings. The second-order valence-electron chi connectivity index (χ2n) is 8.10. The minimum Gasteiger partial charge on any atom is -0.456 e. The molecule has 0 bridgehead atoms. The summed E-state index contributed by atoms with van der Waals surface area (Å²) in [4.78, 5) is 14.3. The van der Waals surface area contributed by atoms with Gasteiger partial charge >= 0.3 is 6.09 Å². The molecule has 2 aliphatic heterocycles. The molecule has 1 aromatic heterocycles. The monoisotopic (exact) mass is 418 g/mol. The van der Waals surface area contributed by atoms with Crippen molar-refractivity contribution in [1.29, 1.82) is 0 Å². The van der Waals surface area contributed by atoms with Gasteiger partial charge < -0.3 is 14.8 Å². The van der Waals surface area contributed by atoms with E-state index in [9.17, 15) is 4.79 Å². The normalized spacial score (nSPS) is 18.3. The summed E-state index contributed by atoms with van der Waals surface area (Å²) in [5, 5.41) is 7.86. The number of carbonyl (C=O) groups excluding carboxylic acids is 1. The molecule has 0 radical (unpaired) electrons. The molecular weight excluding hydrogens is 392 g/mol. The van der Waals surface area contributed by atoms with Gasteiger partial charge in [-0.05, 0) is 44.0 Å². The minimum absolute atomic E-state index is 0.0595. The lowest BCUT2D eigenvalue weighted by molar-refractivity contribution is 0.175. The van der Waals surface area contributed by atoms with Crippen molar-refractivity contribution in [3.05, 3.63) is 60.4 Å². The SMILES string of the molecule is COC(=O)N1c2ccc(-c3cnn(C4CNC4)c3)c(Oc3ccccc3)c2CC[C@@H]1C. The Morgan fingerprint density at radius 2 is 1.97 bits per heavy atom. The Morgan fingerprint density at radius 1 is 1.16 bits per heavy atom. The van der Waals surface area contributed by atoms with Crippen molar-refractivity contribution in [2.45, 2.75) is 31.8 Å². The molecule has 7 nitrogen and oxygen atoms in total. The van der Waals surface area contributed by atoms with E-state index in [1.165, 1.54) is 7.11 Å². The van der Waals surface area contributed by atoms with Crippen LogP contribution in [0.3, 0.4) is 0 Å². The third-order valence-electron chi connectivity index (χ3n) is 6.13. The number of para-hydroxylation sites is 1. The van der Waals surface area contributed by atoms with Crippen molar-refractivity contribution in [3.63, 3.8) is 0 Å². The Hall–Kier alpha value is -3.32. The summed E-state index contributed by atoms with van der Waals surface area (Å²) in [5.41, 5.74) is 3.84. The second kappa shape index (κ2) is 8.07. The van der Waals surface area contributed by atoms with Crippen molar-refractivity contribution in [1.82, 2.24) is 15.1 Å². The van der Waals surface area contributed by atoms with Crippen molar-refractivity contribution >= 4 is 11.8 Å². The van der Waals surface area contributed by atoms with E-state index in [2.05, 4.69) is 16.6 Å². The van der Waals surface area contributed by atoms with Crippen LogP contribution in [0.5, 0.6) is 11.5 Å². The lowest BCUT2D eigenvalue weighted by Gasteiger charge is -2.35. The molecule has 3 heterocycles. The van der Waals surface area contributed by atoms with Crippen LogP contribution in [0.25, 0.3) is 11.1 Å². The molecule has 0 unspecified atom stereocenters. The molecule has 31 heavy (non-hydrogen) atoms. The van der Waals surface area contributed by atoms with E-state index in [1.807, 2.05) is 60.3 Å². The highest BCUT2D eigenvalue weighted by atomic mass is 16.5. The Bertz CT molecular complexity index is 1090. The van der Waals surface area contributed by atoms with Crippen molar-refractivity contribution in [3.8, 4) is 22.6 Å². The van der Waals surface area contributed by atoms with Crippen LogP contribution in [-0.2, 0) is 11.2 Å². The van der Waals surface area contributed by atoms with Crippen LogP contribution >= 0.6 is 0 Å². The minimum atomic E-state index is -0.350. The van der Waals surface area contributed by atoms with Crippen LogP contribution < -0.4 is 15.0 Å². The molecular formula is C24H26N4O3. The number of nitrogens with zero attached hydrogens (tertiary/aromatic N) is 3.